The number of alkyl halides is 3. The van der Waals surface area contributed by atoms with Gasteiger partial charge in [0, 0.05) is 19.6 Å². The number of nitrogens with zero attached hydrogens (tertiary/aromatic N) is 3. The molecule has 8 nitrogen and oxygen atoms in total. The van der Waals surface area contributed by atoms with Crippen molar-refractivity contribution in [2.24, 2.45) is 23.7 Å². The van der Waals surface area contributed by atoms with Crippen LogP contribution >= 0.6 is 0 Å². The molecule has 2 aliphatic rings. The second-order valence-corrected chi connectivity index (χ2v) is 20.3. The highest BCUT2D eigenvalue weighted by molar-refractivity contribution is 6.76. The molecule has 0 radical (unpaired) electrons. The predicted octanol–water partition coefficient (Wildman–Crippen LogP) is 7.96. The van der Waals surface area contributed by atoms with Crippen molar-refractivity contribution in [1.29, 1.82) is 0 Å². The number of ketones is 1. The van der Waals surface area contributed by atoms with E-state index in [4.69, 9.17) is 9.47 Å². The van der Waals surface area contributed by atoms with Gasteiger partial charge >= 0.3 is 12.1 Å². The minimum Gasteiger partial charge on any atom is -0.494 e. The van der Waals surface area contributed by atoms with Gasteiger partial charge in [-0.15, -0.1) is 5.10 Å². The summed E-state index contributed by atoms with van der Waals surface area (Å²) in [6.07, 6.45) is 4.95. The van der Waals surface area contributed by atoms with E-state index in [1.807, 2.05) is 0 Å². The summed E-state index contributed by atoms with van der Waals surface area (Å²) in [4.78, 5) is 40.8. The quantitative estimate of drug-likeness (QED) is 0.0779. The molecule has 260 valence electrons. The Labute approximate surface area is 280 Å². The summed E-state index contributed by atoms with van der Waals surface area (Å²) in [5.41, 5.74) is -1.20. The summed E-state index contributed by atoms with van der Waals surface area (Å²) in [6.45, 7) is 7.29. The van der Waals surface area contributed by atoms with E-state index >= 15 is 0 Å². The van der Waals surface area contributed by atoms with Gasteiger partial charge in [-0.3, -0.25) is 14.4 Å². The van der Waals surface area contributed by atoms with Crippen LogP contribution in [0, 0.1) is 23.7 Å². The van der Waals surface area contributed by atoms with Gasteiger partial charge in [-0.1, -0.05) is 57.0 Å². The first-order valence-electron chi connectivity index (χ1n) is 17.2. The molecule has 2 fully saturated rings. The zero-order valence-corrected chi connectivity index (χ0v) is 29.1. The van der Waals surface area contributed by atoms with Crippen molar-refractivity contribution in [2.75, 3.05) is 13.2 Å². The van der Waals surface area contributed by atoms with Gasteiger partial charge in [-0.25, -0.2) is 4.68 Å². The van der Waals surface area contributed by atoms with Crippen molar-refractivity contribution in [2.45, 2.75) is 96.2 Å². The molecule has 1 aromatic heterocycles. The number of halogens is 3. The van der Waals surface area contributed by atoms with Crippen LogP contribution in [0.15, 0.2) is 47.3 Å². The molecule has 3 atom stereocenters. The largest absolute Gasteiger partial charge is 0.494 e. The van der Waals surface area contributed by atoms with Crippen molar-refractivity contribution < 1.29 is 32.2 Å². The van der Waals surface area contributed by atoms with Gasteiger partial charge < -0.3 is 9.47 Å². The Morgan fingerprint density at radius 3 is 2.38 bits per heavy atom. The number of hydrogen-bond donors (Lipinski definition) is 0. The lowest BCUT2D eigenvalue weighted by Gasteiger charge is -2.24. The van der Waals surface area contributed by atoms with Crippen LogP contribution in [-0.4, -0.2) is 48.0 Å². The van der Waals surface area contributed by atoms with Crippen LogP contribution in [-0.2, 0) is 22.3 Å². The van der Waals surface area contributed by atoms with E-state index in [0.717, 1.165) is 41.3 Å². The summed E-state index contributed by atoms with van der Waals surface area (Å²) in [6, 6.07) is 10.5. The summed E-state index contributed by atoms with van der Waals surface area (Å²) in [5.74, 6) is -1.25. The molecule has 0 unspecified atom stereocenters. The normalized spacial score (nSPS) is 20.6. The van der Waals surface area contributed by atoms with E-state index in [-0.39, 0.29) is 29.8 Å². The van der Waals surface area contributed by atoms with Gasteiger partial charge in [-0.05, 0) is 86.0 Å². The predicted molar refractivity (Wildman–Crippen MR) is 180 cm³/mol. The summed E-state index contributed by atoms with van der Waals surface area (Å²) < 4.78 is 52.8. The van der Waals surface area contributed by atoms with Crippen molar-refractivity contribution in [1.82, 2.24) is 15.0 Å². The number of fused-ring (bicyclic) bond motifs is 1. The molecule has 0 aliphatic heterocycles. The fourth-order valence-electron chi connectivity index (χ4n) is 7.05. The van der Waals surface area contributed by atoms with E-state index in [1.54, 1.807) is 24.3 Å². The lowest BCUT2D eigenvalue weighted by molar-refractivity contribution is -0.150. The number of Topliss-reactive ketones (excluding diaryl/α,β-unsaturated/α-hetero) is 1. The minimum absolute atomic E-state index is 0.0441. The van der Waals surface area contributed by atoms with Gasteiger partial charge in [0.1, 0.15) is 11.3 Å². The van der Waals surface area contributed by atoms with Gasteiger partial charge in [-0.2, -0.15) is 13.2 Å². The average molecular weight is 686 g/mol. The van der Waals surface area contributed by atoms with E-state index in [0.29, 0.717) is 30.8 Å². The van der Waals surface area contributed by atoms with Gasteiger partial charge in [0.15, 0.2) is 5.78 Å². The number of hydrogen-bond acceptors (Lipinski definition) is 7. The smallest absolute Gasteiger partial charge is 0.416 e. The lowest BCUT2D eigenvalue weighted by atomic mass is 9.84. The molecule has 1 heterocycles. The highest BCUT2D eigenvalue weighted by atomic mass is 28.3. The van der Waals surface area contributed by atoms with Crippen LogP contribution in [0.25, 0.3) is 10.9 Å². The topological polar surface area (TPSA) is 100 Å². The molecule has 5 rings (SSSR count). The molecule has 2 aliphatic carbocycles. The first-order valence-corrected chi connectivity index (χ1v) is 20.9. The van der Waals surface area contributed by atoms with E-state index in [1.165, 1.54) is 38.5 Å². The Hall–Kier alpha value is -3.54. The molecule has 2 aromatic carbocycles. The molecule has 12 heteroatoms. The fourth-order valence-corrected chi connectivity index (χ4v) is 7.77. The Bertz CT molecular complexity index is 1630. The van der Waals surface area contributed by atoms with Crippen molar-refractivity contribution >= 4 is 30.7 Å². The van der Waals surface area contributed by atoms with Crippen LogP contribution in [0.1, 0.15) is 73.7 Å². The number of aromatic nitrogens is 3. The number of carbonyl (C=O) groups excluding carboxylic acids is 2. The van der Waals surface area contributed by atoms with Crippen LogP contribution < -0.4 is 10.3 Å². The number of esters is 1. The van der Waals surface area contributed by atoms with Crippen LogP contribution in [0.5, 0.6) is 5.75 Å². The molecular formula is C36H46F3N3O5Si. The molecule has 48 heavy (non-hydrogen) atoms. The SMILES string of the molecule is C[Si](C)(C)CCOC(=O)[C@H]1[C@H](Cn2nnc3ccc(C(F)(F)F)cc3c2=O)CC[C@@H]1C(=O)c1ccc(OCCCC2CCCCC2)cc1. The Morgan fingerprint density at radius 2 is 1.69 bits per heavy atom. The van der Waals surface area contributed by atoms with Crippen LogP contribution in [0.4, 0.5) is 13.2 Å². The molecular weight excluding hydrogens is 639 g/mol. The highest BCUT2D eigenvalue weighted by Gasteiger charge is 2.46. The third-order valence-corrected chi connectivity index (χ3v) is 11.5. The maximum Gasteiger partial charge on any atom is 0.416 e. The van der Waals surface area contributed by atoms with Crippen LogP contribution in [0.2, 0.25) is 25.7 Å². The monoisotopic (exact) mass is 685 g/mol. The number of carbonyl (C=O) groups is 2. The third kappa shape index (κ3) is 9.12. The molecule has 0 amide bonds. The molecule has 3 aromatic rings. The molecule has 0 N–H and O–H groups in total. The van der Waals surface area contributed by atoms with Crippen LogP contribution in [0.3, 0.4) is 0 Å². The molecule has 0 spiro atoms. The van der Waals surface area contributed by atoms with E-state index in [2.05, 4.69) is 30.0 Å². The Morgan fingerprint density at radius 1 is 0.958 bits per heavy atom. The second-order valence-electron chi connectivity index (χ2n) is 14.6. The lowest BCUT2D eigenvalue weighted by Crippen LogP contribution is -2.36. The first-order chi connectivity index (χ1) is 22.8. The average Bonchev–Trinajstić information content (AvgIpc) is 3.47. The van der Waals surface area contributed by atoms with Gasteiger partial charge in [0.05, 0.1) is 36.6 Å². The van der Waals surface area contributed by atoms with Crippen molar-refractivity contribution in [3.05, 3.63) is 63.9 Å². The fraction of sp³-hybridized carbons (Fsp3) is 0.583. The number of rotatable bonds is 13. The molecule has 0 bridgehead atoms. The molecule has 2 saturated carbocycles. The highest BCUT2D eigenvalue weighted by Crippen LogP contribution is 2.41. The summed E-state index contributed by atoms with van der Waals surface area (Å²) in [7, 11) is -1.51. The van der Waals surface area contributed by atoms with E-state index in [9.17, 15) is 27.6 Å². The Kier molecular flexibility index (Phi) is 11.4. The number of ether oxygens (including phenoxy) is 2. The van der Waals surface area contributed by atoms with E-state index < -0.39 is 49.1 Å². The molecule has 0 saturated heterocycles. The standard InChI is InChI=1S/C36H46F3N3O5Si/c1-48(2,3)21-20-47-35(45)32-26(23-42-34(44)30-22-27(36(37,38)39)14-18-31(30)40-41-42)13-17-29(32)33(43)25-11-15-28(16-12-25)46-19-7-10-24-8-5-4-6-9-24/h11-12,14-16,18,22,24,26,29,32H,4-10,13,17,19-21,23H2,1-3H3/t26-,29-,32-/m0/s1. The maximum atomic E-state index is 13.9. The first kappa shape index (κ1) is 35.8. The van der Waals surface area contributed by atoms with Crippen molar-refractivity contribution in [3.63, 3.8) is 0 Å². The van der Waals surface area contributed by atoms with Crippen molar-refractivity contribution in [3.8, 4) is 5.75 Å². The zero-order valence-electron chi connectivity index (χ0n) is 28.1. The minimum atomic E-state index is -4.63. The number of benzene rings is 2. The third-order valence-electron chi connectivity index (χ3n) is 9.84. The van der Waals surface area contributed by atoms with Gasteiger partial charge in [0.25, 0.3) is 5.56 Å². The summed E-state index contributed by atoms with van der Waals surface area (Å²) in [5, 5.41) is 7.73. The zero-order chi connectivity index (χ0) is 34.5. The second kappa shape index (κ2) is 15.3. The Balaban J connectivity index is 1.30. The maximum absolute atomic E-state index is 13.9. The van der Waals surface area contributed by atoms with Gasteiger partial charge in [0.2, 0.25) is 0 Å². The summed E-state index contributed by atoms with van der Waals surface area (Å²) >= 11 is 0.